The number of hydrogen-bond acceptors (Lipinski definition) is 4. The summed E-state index contributed by atoms with van der Waals surface area (Å²) in [4.78, 5) is 11.3. The molecule has 6 nitrogen and oxygen atoms in total. The number of halogens is 3. The van der Waals surface area contributed by atoms with E-state index in [0.717, 1.165) is 30.5 Å². The van der Waals surface area contributed by atoms with Gasteiger partial charge in [0.15, 0.2) is 0 Å². The van der Waals surface area contributed by atoms with E-state index in [0.29, 0.717) is 5.75 Å². The smallest absolute Gasteiger partial charge is 0.490 e. The summed E-state index contributed by atoms with van der Waals surface area (Å²) >= 11 is 0. The second-order valence-electron chi connectivity index (χ2n) is 6.49. The van der Waals surface area contributed by atoms with Crippen molar-refractivity contribution in [2.24, 2.45) is 7.05 Å². The number of fused-ring (bicyclic) bond motifs is 2. The number of carboxylic acids is 1. The molecule has 0 saturated heterocycles. The topological polar surface area (TPSA) is 78.6 Å². The Morgan fingerprint density at radius 3 is 2.25 bits per heavy atom. The molecule has 0 atom stereocenters. The molecule has 1 aliphatic rings. The zero-order valence-electron chi connectivity index (χ0n) is 14.9. The van der Waals surface area contributed by atoms with Gasteiger partial charge in [-0.3, -0.25) is 9.58 Å². The highest BCUT2D eigenvalue weighted by molar-refractivity contribution is 5.87. The van der Waals surface area contributed by atoms with Crippen LogP contribution in [0.4, 0.5) is 13.2 Å². The molecule has 0 unspecified atom stereocenters. The van der Waals surface area contributed by atoms with Gasteiger partial charge in [-0.25, -0.2) is 4.79 Å². The zero-order valence-corrected chi connectivity index (χ0v) is 14.9. The largest absolute Gasteiger partial charge is 0.506 e. The minimum absolute atomic E-state index is 0.290. The van der Waals surface area contributed by atoms with Crippen LogP contribution in [0.3, 0.4) is 0 Å². The highest BCUT2D eigenvalue weighted by Crippen LogP contribution is 2.30. The molecule has 1 aromatic heterocycles. The number of nitrogens with zero attached hydrogens (tertiary/aromatic N) is 3. The minimum Gasteiger partial charge on any atom is -0.506 e. The SMILES string of the molecule is Cn1ncc2c(CN3Cc4ccccc4C3)ccc(O)c21.O=C(O)C(F)(F)F. The van der Waals surface area contributed by atoms with Crippen molar-refractivity contribution in [3.63, 3.8) is 0 Å². The fraction of sp³-hybridized carbons (Fsp3) is 0.263. The molecule has 0 radical (unpaired) electrons. The first-order chi connectivity index (χ1) is 13.2. The van der Waals surface area contributed by atoms with Crippen LogP contribution in [0.15, 0.2) is 42.6 Å². The van der Waals surface area contributed by atoms with Crippen LogP contribution in [0.2, 0.25) is 0 Å². The summed E-state index contributed by atoms with van der Waals surface area (Å²) in [5.41, 5.74) is 4.85. The Balaban J connectivity index is 0.000000279. The van der Waals surface area contributed by atoms with Gasteiger partial charge in [-0.2, -0.15) is 18.3 Å². The van der Waals surface area contributed by atoms with Gasteiger partial charge in [-0.1, -0.05) is 30.3 Å². The van der Waals surface area contributed by atoms with E-state index in [1.54, 1.807) is 10.7 Å². The molecular weight excluding hydrogens is 375 g/mol. The first-order valence-electron chi connectivity index (χ1n) is 8.38. The molecule has 2 N–H and O–H groups in total. The molecule has 0 saturated carbocycles. The number of rotatable bonds is 2. The summed E-state index contributed by atoms with van der Waals surface area (Å²) in [6.45, 7) is 2.84. The third-order valence-corrected chi connectivity index (χ3v) is 4.51. The third kappa shape index (κ3) is 4.09. The van der Waals surface area contributed by atoms with Gasteiger partial charge in [-0.15, -0.1) is 0 Å². The maximum absolute atomic E-state index is 10.6. The second kappa shape index (κ2) is 7.51. The van der Waals surface area contributed by atoms with Crippen molar-refractivity contribution < 1.29 is 28.2 Å². The Bertz CT molecular complexity index is 990. The molecule has 0 aliphatic carbocycles. The summed E-state index contributed by atoms with van der Waals surface area (Å²) in [5.74, 6) is -2.47. The predicted octanol–water partition coefficient (Wildman–Crippen LogP) is 3.43. The summed E-state index contributed by atoms with van der Waals surface area (Å²) in [7, 11) is 1.86. The Hall–Kier alpha value is -3.07. The first-order valence-corrected chi connectivity index (χ1v) is 8.38. The van der Waals surface area contributed by atoms with Gasteiger partial charge in [0.25, 0.3) is 0 Å². The quantitative estimate of drug-likeness (QED) is 0.698. The summed E-state index contributed by atoms with van der Waals surface area (Å²) in [6, 6.07) is 12.4. The minimum atomic E-state index is -5.08. The number of aryl methyl sites for hydroxylation is 1. The van der Waals surface area contributed by atoms with Crippen molar-refractivity contribution in [3.05, 3.63) is 59.3 Å². The van der Waals surface area contributed by atoms with Gasteiger partial charge in [-0.05, 0) is 22.8 Å². The van der Waals surface area contributed by atoms with Gasteiger partial charge in [0.1, 0.15) is 11.3 Å². The molecule has 9 heteroatoms. The van der Waals surface area contributed by atoms with Crippen molar-refractivity contribution in [3.8, 4) is 5.75 Å². The van der Waals surface area contributed by atoms with Crippen LogP contribution in [-0.2, 0) is 31.5 Å². The number of phenolic OH excluding ortho intramolecular Hbond substituents is 1. The number of carbonyl (C=O) groups is 1. The number of carboxylic acid groups (broad SMARTS) is 1. The zero-order chi connectivity index (χ0) is 20.5. The molecule has 1 aliphatic heterocycles. The van der Waals surface area contributed by atoms with Gasteiger partial charge in [0.2, 0.25) is 0 Å². The van der Waals surface area contributed by atoms with Crippen molar-refractivity contribution in [2.45, 2.75) is 25.8 Å². The van der Waals surface area contributed by atoms with E-state index < -0.39 is 12.1 Å². The number of hydrogen-bond donors (Lipinski definition) is 2. The standard InChI is InChI=1S/C17H17N3O.C2HF3O2/c1-19-17-15(8-18-19)14(6-7-16(17)21)11-20-9-12-4-2-3-5-13(12)10-20;3-2(4,5)1(6)7/h2-8,21H,9-11H2,1H3;(H,6,7). The van der Waals surface area contributed by atoms with E-state index in [1.807, 2.05) is 19.3 Å². The van der Waals surface area contributed by atoms with Crippen molar-refractivity contribution in [1.29, 1.82) is 0 Å². The van der Waals surface area contributed by atoms with Crippen LogP contribution in [0.25, 0.3) is 10.9 Å². The van der Waals surface area contributed by atoms with Crippen molar-refractivity contribution in [1.82, 2.24) is 14.7 Å². The highest BCUT2D eigenvalue weighted by atomic mass is 19.4. The van der Waals surface area contributed by atoms with Gasteiger partial charge < -0.3 is 10.2 Å². The number of aromatic hydroxyl groups is 1. The average molecular weight is 393 g/mol. The van der Waals surface area contributed by atoms with Crippen LogP contribution >= 0.6 is 0 Å². The monoisotopic (exact) mass is 393 g/mol. The highest BCUT2D eigenvalue weighted by Gasteiger charge is 2.38. The van der Waals surface area contributed by atoms with Crippen LogP contribution in [0.1, 0.15) is 16.7 Å². The number of benzene rings is 2. The van der Waals surface area contributed by atoms with E-state index in [9.17, 15) is 18.3 Å². The molecule has 0 amide bonds. The summed E-state index contributed by atoms with van der Waals surface area (Å²) in [5, 5.41) is 22.4. The number of aliphatic carboxylic acids is 1. The molecule has 0 spiro atoms. The fourth-order valence-corrected chi connectivity index (χ4v) is 3.22. The van der Waals surface area contributed by atoms with Gasteiger partial charge in [0, 0.05) is 32.1 Å². The molecule has 0 bridgehead atoms. The van der Waals surface area contributed by atoms with E-state index >= 15 is 0 Å². The number of alkyl halides is 3. The summed E-state index contributed by atoms with van der Waals surface area (Å²) in [6.07, 6.45) is -3.24. The Kier molecular flexibility index (Phi) is 5.28. The van der Waals surface area contributed by atoms with E-state index in [2.05, 4.69) is 34.3 Å². The maximum Gasteiger partial charge on any atom is 0.490 e. The normalized spacial score (nSPS) is 13.9. The molecule has 148 valence electrons. The summed E-state index contributed by atoms with van der Waals surface area (Å²) < 4.78 is 33.5. The Morgan fingerprint density at radius 1 is 1.14 bits per heavy atom. The van der Waals surface area contributed by atoms with Gasteiger partial charge >= 0.3 is 12.1 Å². The van der Waals surface area contributed by atoms with E-state index in [4.69, 9.17) is 9.90 Å². The lowest BCUT2D eigenvalue weighted by Gasteiger charge is -2.15. The predicted molar refractivity (Wildman–Crippen MR) is 95.5 cm³/mol. The van der Waals surface area contributed by atoms with Crippen LogP contribution in [0, 0.1) is 0 Å². The van der Waals surface area contributed by atoms with Crippen LogP contribution < -0.4 is 0 Å². The van der Waals surface area contributed by atoms with Crippen molar-refractivity contribution in [2.75, 3.05) is 0 Å². The number of phenols is 1. The maximum atomic E-state index is 10.6. The van der Waals surface area contributed by atoms with E-state index in [1.165, 1.54) is 16.7 Å². The molecule has 0 fully saturated rings. The fourth-order valence-electron chi connectivity index (χ4n) is 3.22. The second-order valence-corrected chi connectivity index (χ2v) is 6.49. The Labute approximate surface area is 158 Å². The van der Waals surface area contributed by atoms with Crippen LogP contribution in [0.5, 0.6) is 5.75 Å². The van der Waals surface area contributed by atoms with Gasteiger partial charge in [0.05, 0.1) is 6.20 Å². The molecular formula is C19H18F3N3O3. The lowest BCUT2D eigenvalue weighted by atomic mass is 10.1. The molecule has 2 aromatic carbocycles. The molecule has 28 heavy (non-hydrogen) atoms. The van der Waals surface area contributed by atoms with Crippen molar-refractivity contribution >= 4 is 16.9 Å². The van der Waals surface area contributed by atoms with E-state index in [-0.39, 0.29) is 0 Å². The van der Waals surface area contributed by atoms with Crippen LogP contribution in [-0.4, -0.2) is 37.0 Å². The Morgan fingerprint density at radius 2 is 1.71 bits per heavy atom. The lowest BCUT2D eigenvalue weighted by Crippen LogP contribution is -2.21. The molecule has 2 heterocycles. The lowest BCUT2D eigenvalue weighted by molar-refractivity contribution is -0.192. The molecule has 3 aromatic rings. The average Bonchev–Trinajstić information content (AvgIpc) is 3.21. The molecule has 4 rings (SSSR count). The first kappa shape index (κ1) is 19.7. The number of aromatic nitrogens is 2. The third-order valence-electron chi connectivity index (χ3n) is 4.51.